The predicted octanol–water partition coefficient (Wildman–Crippen LogP) is 1.96. The minimum Gasteiger partial charge on any atom is -0.339 e. The maximum absolute atomic E-state index is 12.5. The molecule has 0 aromatic heterocycles. The molecule has 0 atom stereocenters. The smallest absolute Gasteiger partial charge is 0.253 e. The summed E-state index contributed by atoms with van der Waals surface area (Å²) in [6.07, 6.45) is 1.94. The molecule has 0 unspecified atom stereocenters. The predicted molar refractivity (Wildman–Crippen MR) is 90.7 cm³/mol. The van der Waals surface area contributed by atoms with Gasteiger partial charge in [-0.3, -0.25) is 9.59 Å². The van der Waals surface area contributed by atoms with Gasteiger partial charge in [-0.15, -0.1) is 24.2 Å². The normalized spacial score (nSPS) is 18.2. The highest BCUT2D eigenvalue weighted by atomic mass is 35.5. The van der Waals surface area contributed by atoms with E-state index in [-0.39, 0.29) is 24.2 Å². The van der Waals surface area contributed by atoms with Gasteiger partial charge in [0.1, 0.15) is 0 Å². The number of carbonyl (C=O) groups is 2. The lowest BCUT2D eigenvalue weighted by Crippen LogP contribution is -2.40. The van der Waals surface area contributed by atoms with E-state index < -0.39 is 0 Å². The van der Waals surface area contributed by atoms with Crippen molar-refractivity contribution < 1.29 is 9.59 Å². The number of piperidine rings is 1. The first-order chi connectivity index (χ1) is 10.2. The summed E-state index contributed by atoms with van der Waals surface area (Å²) in [5, 5.41) is 2.83. The summed E-state index contributed by atoms with van der Waals surface area (Å²) in [5.74, 6) is 1.000. The number of hydrogen-bond donors (Lipinski definition) is 2. The summed E-state index contributed by atoms with van der Waals surface area (Å²) in [7, 11) is 0. The number of halogens is 1. The molecule has 3 rings (SSSR count). The fraction of sp³-hybridized carbons (Fsp3) is 0.467. The molecule has 0 saturated carbocycles. The Morgan fingerprint density at radius 2 is 2.09 bits per heavy atom. The highest BCUT2D eigenvalue weighted by Gasteiger charge is 2.24. The molecule has 1 saturated heterocycles. The van der Waals surface area contributed by atoms with Crippen LogP contribution in [0.15, 0.2) is 23.1 Å². The first kappa shape index (κ1) is 17.1. The maximum atomic E-state index is 12.5. The van der Waals surface area contributed by atoms with Crippen LogP contribution >= 0.6 is 24.2 Å². The van der Waals surface area contributed by atoms with Crippen molar-refractivity contribution in [1.29, 1.82) is 0 Å². The lowest BCUT2D eigenvalue weighted by atomic mass is 9.96. The zero-order valence-electron chi connectivity index (χ0n) is 12.2. The molecule has 22 heavy (non-hydrogen) atoms. The van der Waals surface area contributed by atoms with Gasteiger partial charge in [0.05, 0.1) is 11.4 Å². The fourth-order valence-corrected chi connectivity index (χ4v) is 3.56. The number of nitrogens with zero attached hydrogens (tertiary/aromatic N) is 1. The number of hydrogen-bond acceptors (Lipinski definition) is 4. The Morgan fingerprint density at radius 1 is 1.36 bits per heavy atom. The molecule has 5 nitrogen and oxygen atoms in total. The number of anilines is 1. The monoisotopic (exact) mass is 341 g/mol. The third-order valence-corrected chi connectivity index (χ3v) is 5.17. The second-order valence-corrected chi connectivity index (χ2v) is 6.54. The van der Waals surface area contributed by atoms with Gasteiger partial charge in [-0.1, -0.05) is 0 Å². The molecule has 1 aromatic carbocycles. The van der Waals surface area contributed by atoms with Crippen molar-refractivity contribution in [3.05, 3.63) is 23.8 Å². The van der Waals surface area contributed by atoms with E-state index in [0.29, 0.717) is 23.8 Å². The van der Waals surface area contributed by atoms with Gasteiger partial charge in [0.2, 0.25) is 5.91 Å². The van der Waals surface area contributed by atoms with Gasteiger partial charge in [-0.05, 0) is 43.5 Å². The molecule has 2 aliphatic rings. The van der Waals surface area contributed by atoms with Crippen LogP contribution in [-0.4, -0.2) is 42.1 Å². The lowest BCUT2D eigenvalue weighted by molar-refractivity contribution is -0.113. The Bertz CT molecular complexity index is 574. The number of likely N-dealkylation sites (tertiary alicyclic amines) is 1. The molecule has 3 N–H and O–H groups in total. The van der Waals surface area contributed by atoms with Gasteiger partial charge in [0.25, 0.3) is 5.91 Å². The van der Waals surface area contributed by atoms with E-state index in [0.717, 1.165) is 36.5 Å². The number of benzene rings is 1. The van der Waals surface area contributed by atoms with Gasteiger partial charge < -0.3 is 16.0 Å². The van der Waals surface area contributed by atoms with Gasteiger partial charge in [-0.25, -0.2) is 0 Å². The van der Waals surface area contributed by atoms with Crippen molar-refractivity contribution in [2.45, 2.75) is 17.7 Å². The zero-order chi connectivity index (χ0) is 14.8. The molecular formula is C15H20ClN3O2S. The van der Waals surface area contributed by atoms with Crippen LogP contribution in [0.25, 0.3) is 0 Å². The molecule has 0 spiro atoms. The maximum Gasteiger partial charge on any atom is 0.253 e. The molecule has 0 bridgehead atoms. The molecule has 120 valence electrons. The molecule has 2 aliphatic heterocycles. The van der Waals surface area contributed by atoms with Crippen molar-refractivity contribution in [2.75, 3.05) is 30.7 Å². The van der Waals surface area contributed by atoms with E-state index in [4.69, 9.17) is 5.73 Å². The average Bonchev–Trinajstić information content (AvgIpc) is 2.53. The van der Waals surface area contributed by atoms with Crippen LogP contribution < -0.4 is 11.1 Å². The number of nitrogens with two attached hydrogens (primary N) is 1. The Kier molecular flexibility index (Phi) is 5.72. The number of fused-ring (bicyclic) bond motifs is 1. The number of rotatable bonds is 2. The SMILES string of the molecule is Cl.NCC1CCN(C(=O)c2ccc3c(c2)NC(=O)CS3)CC1. The Hall–Kier alpha value is -1.24. The molecule has 2 heterocycles. The second-order valence-electron chi connectivity index (χ2n) is 5.52. The Morgan fingerprint density at radius 3 is 2.77 bits per heavy atom. The van der Waals surface area contributed by atoms with Crippen molar-refractivity contribution >= 4 is 41.7 Å². The topological polar surface area (TPSA) is 75.4 Å². The van der Waals surface area contributed by atoms with Crippen LogP contribution in [0.1, 0.15) is 23.2 Å². The number of thioether (sulfide) groups is 1. The lowest BCUT2D eigenvalue weighted by Gasteiger charge is -2.31. The molecule has 1 aromatic rings. The van der Waals surface area contributed by atoms with Crippen molar-refractivity contribution in [3.8, 4) is 0 Å². The quantitative estimate of drug-likeness (QED) is 0.862. The number of amides is 2. The number of nitrogens with one attached hydrogen (secondary N) is 1. The Balaban J connectivity index is 0.00000176. The first-order valence-corrected chi connectivity index (χ1v) is 8.22. The van der Waals surface area contributed by atoms with E-state index in [2.05, 4.69) is 5.32 Å². The highest BCUT2D eigenvalue weighted by molar-refractivity contribution is 8.00. The summed E-state index contributed by atoms with van der Waals surface area (Å²) in [5.41, 5.74) is 7.07. The minimum atomic E-state index is -0.0131. The fourth-order valence-electron chi connectivity index (χ4n) is 2.77. The van der Waals surface area contributed by atoms with Gasteiger partial charge >= 0.3 is 0 Å². The standard InChI is InChI=1S/C15H19N3O2S.ClH/c16-8-10-3-5-18(6-4-10)15(20)11-1-2-13-12(7-11)17-14(19)9-21-13;/h1-2,7,10H,3-6,8-9,16H2,(H,17,19);1H. The average molecular weight is 342 g/mol. The minimum absolute atomic E-state index is 0. The molecule has 1 fully saturated rings. The van der Waals surface area contributed by atoms with E-state index in [1.807, 2.05) is 17.0 Å². The van der Waals surface area contributed by atoms with Crippen LogP contribution in [0.3, 0.4) is 0 Å². The third kappa shape index (κ3) is 3.56. The van der Waals surface area contributed by atoms with Gasteiger partial charge in [0.15, 0.2) is 0 Å². The van der Waals surface area contributed by atoms with Gasteiger partial charge in [-0.2, -0.15) is 0 Å². The molecule has 0 radical (unpaired) electrons. The van der Waals surface area contributed by atoms with Crippen LogP contribution in [0.4, 0.5) is 5.69 Å². The molecule has 7 heteroatoms. The summed E-state index contributed by atoms with van der Waals surface area (Å²) in [4.78, 5) is 26.9. The summed E-state index contributed by atoms with van der Waals surface area (Å²) >= 11 is 1.51. The second kappa shape index (κ2) is 7.35. The molecule has 0 aliphatic carbocycles. The largest absolute Gasteiger partial charge is 0.339 e. The van der Waals surface area contributed by atoms with Crippen molar-refractivity contribution in [1.82, 2.24) is 4.90 Å². The van der Waals surface area contributed by atoms with Crippen LogP contribution in [0.5, 0.6) is 0 Å². The molecule has 2 amide bonds. The summed E-state index contributed by atoms with van der Waals surface area (Å²) in [6.45, 7) is 2.22. The van der Waals surface area contributed by atoms with Crippen molar-refractivity contribution in [2.24, 2.45) is 11.7 Å². The van der Waals surface area contributed by atoms with E-state index in [9.17, 15) is 9.59 Å². The van der Waals surface area contributed by atoms with E-state index in [1.165, 1.54) is 11.8 Å². The first-order valence-electron chi connectivity index (χ1n) is 7.23. The van der Waals surface area contributed by atoms with E-state index >= 15 is 0 Å². The highest BCUT2D eigenvalue weighted by Crippen LogP contribution is 2.32. The summed E-state index contributed by atoms with van der Waals surface area (Å²) in [6, 6.07) is 5.55. The van der Waals surface area contributed by atoms with E-state index in [1.54, 1.807) is 6.07 Å². The van der Waals surface area contributed by atoms with Crippen LogP contribution in [0, 0.1) is 5.92 Å². The summed E-state index contributed by atoms with van der Waals surface area (Å²) < 4.78 is 0. The number of carbonyl (C=O) groups excluding carboxylic acids is 2. The van der Waals surface area contributed by atoms with Gasteiger partial charge in [0, 0.05) is 23.5 Å². The third-order valence-electron chi connectivity index (χ3n) is 4.09. The van der Waals surface area contributed by atoms with Crippen molar-refractivity contribution in [3.63, 3.8) is 0 Å². The van der Waals surface area contributed by atoms with Crippen LogP contribution in [-0.2, 0) is 4.79 Å². The Labute approximate surface area is 140 Å². The van der Waals surface area contributed by atoms with Crippen LogP contribution in [0.2, 0.25) is 0 Å². The molecular weight excluding hydrogens is 322 g/mol. The zero-order valence-corrected chi connectivity index (χ0v) is 13.8.